The standard InChI is InChI=1S/C22H33NO3/c1-21(2,3)16-24-12-8-7-9-17-10-11-18(15-23-17)25-19-13-20(14-19)26-22(4,5)6/h10-11,15,19-20H,8,12-14,16H2,1-6H3. The van der Waals surface area contributed by atoms with Gasteiger partial charge in [0.25, 0.3) is 0 Å². The molecule has 1 heterocycles. The van der Waals surface area contributed by atoms with Gasteiger partial charge in [-0.1, -0.05) is 26.7 Å². The van der Waals surface area contributed by atoms with Gasteiger partial charge in [0.1, 0.15) is 17.5 Å². The van der Waals surface area contributed by atoms with Gasteiger partial charge in [0.2, 0.25) is 0 Å². The smallest absolute Gasteiger partial charge is 0.138 e. The second kappa shape index (κ2) is 8.88. The molecule has 0 atom stereocenters. The van der Waals surface area contributed by atoms with E-state index >= 15 is 0 Å². The maximum atomic E-state index is 5.93. The summed E-state index contributed by atoms with van der Waals surface area (Å²) in [6.45, 7) is 14.1. The van der Waals surface area contributed by atoms with Crippen molar-refractivity contribution in [1.82, 2.24) is 4.98 Å². The molecular formula is C22H33NO3. The maximum absolute atomic E-state index is 5.93. The molecule has 0 aromatic carbocycles. The third-order valence-corrected chi connectivity index (χ3v) is 3.73. The van der Waals surface area contributed by atoms with Crippen LogP contribution in [0.25, 0.3) is 0 Å². The van der Waals surface area contributed by atoms with E-state index in [1.807, 2.05) is 12.1 Å². The average Bonchev–Trinajstić information content (AvgIpc) is 2.48. The summed E-state index contributed by atoms with van der Waals surface area (Å²) in [6.07, 6.45) is 4.87. The lowest BCUT2D eigenvalue weighted by atomic mass is 9.91. The lowest BCUT2D eigenvalue weighted by Gasteiger charge is -2.39. The van der Waals surface area contributed by atoms with Crippen molar-refractivity contribution in [2.45, 2.75) is 78.6 Å². The van der Waals surface area contributed by atoms with Gasteiger partial charge in [0.15, 0.2) is 0 Å². The molecule has 0 saturated heterocycles. The van der Waals surface area contributed by atoms with Crippen LogP contribution in [0.2, 0.25) is 0 Å². The number of aromatic nitrogens is 1. The van der Waals surface area contributed by atoms with E-state index in [2.05, 4.69) is 58.4 Å². The van der Waals surface area contributed by atoms with E-state index in [4.69, 9.17) is 14.2 Å². The third kappa shape index (κ3) is 8.21. The Bertz CT molecular complexity index is 608. The molecule has 144 valence electrons. The molecule has 0 bridgehead atoms. The lowest BCUT2D eigenvalue weighted by molar-refractivity contribution is -0.126. The number of nitrogens with zero attached hydrogens (tertiary/aromatic N) is 1. The molecule has 26 heavy (non-hydrogen) atoms. The Hall–Kier alpha value is -1.57. The molecule has 0 amide bonds. The first kappa shape index (κ1) is 20.7. The predicted molar refractivity (Wildman–Crippen MR) is 104 cm³/mol. The van der Waals surface area contributed by atoms with Crippen molar-refractivity contribution in [3.8, 4) is 17.6 Å². The third-order valence-electron chi connectivity index (χ3n) is 3.73. The fourth-order valence-electron chi connectivity index (χ4n) is 2.58. The number of rotatable bonds is 6. The molecule has 0 aliphatic heterocycles. The van der Waals surface area contributed by atoms with Crippen molar-refractivity contribution in [2.75, 3.05) is 13.2 Å². The SMILES string of the molecule is CC(C)(C)COCCC#Cc1ccc(OC2CC(OC(C)(C)C)C2)cn1. The van der Waals surface area contributed by atoms with Gasteiger partial charge in [0, 0.05) is 19.3 Å². The largest absolute Gasteiger partial charge is 0.489 e. The zero-order chi connectivity index (χ0) is 19.2. The summed E-state index contributed by atoms with van der Waals surface area (Å²) in [5.41, 5.74) is 0.870. The Morgan fingerprint density at radius 1 is 1.08 bits per heavy atom. The van der Waals surface area contributed by atoms with Gasteiger partial charge in [0.05, 0.1) is 31.1 Å². The monoisotopic (exact) mass is 359 g/mol. The minimum Gasteiger partial charge on any atom is -0.489 e. The first-order valence-corrected chi connectivity index (χ1v) is 9.48. The molecule has 2 rings (SSSR count). The Morgan fingerprint density at radius 3 is 2.38 bits per heavy atom. The summed E-state index contributed by atoms with van der Waals surface area (Å²) < 4.78 is 17.5. The van der Waals surface area contributed by atoms with Crippen molar-refractivity contribution in [3.05, 3.63) is 24.0 Å². The van der Waals surface area contributed by atoms with E-state index in [9.17, 15) is 0 Å². The van der Waals surface area contributed by atoms with Gasteiger partial charge in [-0.2, -0.15) is 0 Å². The Kier molecular flexibility index (Phi) is 7.08. The van der Waals surface area contributed by atoms with Gasteiger partial charge in [-0.25, -0.2) is 4.98 Å². The van der Waals surface area contributed by atoms with E-state index in [1.54, 1.807) is 6.20 Å². The average molecular weight is 360 g/mol. The topological polar surface area (TPSA) is 40.6 Å². The summed E-state index contributed by atoms with van der Waals surface area (Å²) in [5, 5.41) is 0. The van der Waals surface area contributed by atoms with Crippen LogP contribution >= 0.6 is 0 Å². The molecule has 0 N–H and O–H groups in total. The summed E-state index contributed by atoms with van der Waals surface area (Å²) in [7, 11) is 0. The number of hydrogen-bond acceptors (Lipinski definition) is 4. The van der Waals surface area contributed by atoms with Crippen LogP contribution in [-0.2, 0) is 9.47 Å². The van der Waals surface area contributed by atoms with Crippen LogP contribution in [0.5, 0.6) is 5.75 Å². The minimum atomic E-state index is -0.0880. The normalized spacial score (nSPS) is 20.1. The fraction of sp³-hybridized carbons (Fsp3) is 0.682. The highest BCUT2D eigenvalue weighted by Crippen LogP contribution is 2.30. The Morgan fingerprint density at radius 2 is 1.81 bits per heavy atom. The number of hydrogen-bond donors (Lipinski definition) is 0. The molecule has 1 saturated carbocycles. The van der Waals surface area contributed by atoms with Crippen LogP contribution in [0.1, 0.15) is 66.5 Å². The van der Waals surface area contributed by atoms with E-state index in [0.717, 1.165) is 30.9 Å². The molecule has 0 unspecified atom stereocenters. The predicted octanol–water partition coefficient (Wildman–Crippen LogP) is 4.61. The fourth-order valence-corrected chi connectivity index (χ4v) is 2.58. The highest BCUT2D eigenvalue weighted by atomic mass is 16.5. The number of ether oxygens (including phenoxy) is 3. The summed E-state index contributed by atoms with van der Waals surface area (Å²) in [6, 6.07) is 3.84. The quantitative estimate of drug-likeness (QED) is 0.549. The van der Waals surface area contributed by atoms with Crippen molar-refractivity contribution < 1.29 is 14.2 Å². The lowest BCUT2D eigenvalue weighted by Crippen LogP contribution is -2.43. The second-order valence-electron chi connectivity index (χ2n) is 9.11. The van der Waals surface area contributed by atoms with Crippen LogP contribution < -0.4 is 4.74 Å². The summed E-state index contributed by atoms with van der Waals surface area (Å²) >= 11 is 0. The minimum absolute atomic E-state index is 0.0880. The van der Waals surface area contributed by atoms with Gasteiger partial charge in [-0.05, 0) is 44.2 Å². The number of pyridine rings is 1. The van der Waals surface area contributed by atoms with Gasteiger partial charge >= 0.3 is 0 Å². The first-order valence-electron chi connectivity index (χ1n) is 9.48. The second-order valence-corrected chi connectivity index (χ2v) is 9.11. The van der Waals surface area contributed by atoms with Gasteiger partial charge in [-0.15, -0.1) is 0 Å². The molecule has 1 aromatic rings. The van der Waals surface area contributed by atoms with Crippen LogP contribution in [-0.4, -0.2) is 36.0 Å². The van der Waals surface area contributed by atoms with E-state index < -0.39 is 0 Å². The van der Waals surface area contributed by atoms with Crippen LogP contribution in [0.15, 0.2) is 18.3 Å². The molecule has 0 spiro atoms. The molecule has 4 heteroatoms. The molecular weight excluding hydrogens is 326 g/mol. The zero-order valence-corrected chi connectivity index (χ0v) is 17.1. The van der Waals surface area contributed by atoms with E-state index in [1.165, 1.54) is 0 Å². The van der Waals surface area contributed by atoms with E-state index in [-0.39, 0.29) is 17.1 Å². The summed E-state index contributed by atoms with van der Waals surface area (Å²) in [4.78, 5) is 4.35. The molecule has 1 aliphatic rings. The molecule has 0 radical (unpaired) electrons. The zero-order valence-electron chi connectivity index (χ0n) is 17.1. The summed E-state index contributed by atoms with van der Waals surface area (Å²) in [5.74, 6) is 6.96. The molecule has 1 aromatic heterocycles. The van der Waals surface area contributed by atoms with Crippen LogP contribution in [0, 0.1) is 17.3 Å². The first-order chi connectivity index (χ1) is 12.1. The highest BCUT2D eigenvalue weighted by Gasteiger charge is 2.34. The highest BCUT2D eigenvalue weighted by molar-refractivity contribution is 5.31. The Labute approximate surface area is 158 Å². The molecule has 1 aliphatic carbocycles. The van der Waals surface area contributed by atoms with Crippen molar-refractivity contribution in [2.24, 2.45) is 5.41 Å². The van der Waals surface area contributed by atoms with Gasteiger partial charge in [-0.3, -0.25) is 0 Å². The molecule has 4 nitrogen and oxygen atoms in total. The van der Waals surface area contributed by atoms with Crippen LogP contribution in [0.4, 0.5) is 0 Å². The Balaban J connectivity index is 1.67. The molecule has 1 fully saturated rings. The van der Waals surface area contributed by atoms with Crippen molar-refractivity contribution >= 4 is 0 Å². The van der Waals surface area contributed by atoms with E-state index in [0.29, 0.717) is 19.1 Å². The van der Waals surface area contributed by atoms with Crippen LogP contribution in [0.3, 0.4) is 0 Å². The van der Waals surface area contributed by atoms with Crippen molar-refractivity contribution in [1.29, 1.82) is 0 Å². The maximum Gasteiger partial charge on any atom is 0.138 e. The van der Waals surface area contributed by atoms with Crippen molar-refractivity contribution in [3.63, 3.8) is 0 Å². The van der Waals surface area contributed by atoms with Gasteiger partial charge < -0.3 is 14.2 Å².